The highest BCUT2D eigenvalue weighted by Gasteiger charge is 2.13. The number of benzene rings is 1. The molecule has 0 radical (unpaired) electrons. The van der Waals surface area contributed by atoms with Crippen molar-refractivity contribution in [2.45, 2.75) is 25.3 Å². The van der Waals surface area contributed by atoms with Crippen molar-refractivity contribution in [1.29, 1.82) is 0 Å². The van der Waals surface area contributed by atoms with Crippen LogP contribution < -0.4 is 10.6 Å². The van der Waals surface area contributed by atoms with Crippen LogP contribution in [-0.2, 0) is 0 Å². The monoisotopic (exact) mass is 276 g/mol. The molecule has 1 aromatic carbocycles. The van der Waals surface area contributed by atoms with Gasteiger partial charge >= 0.3 is 0 Å². The van der Waals surface area contributed by atoms with Crippen LogP contribution >= 0.6 is 0 Å². The lowest BCUT2D eigenvalue weighted by Crippen LogP contribution is -2.39. The molecule has 3 rings (SSSR count). The van der Waals surface area contributed by atoms with Crippen molar-refractivity contribution in [2.75, 3.05) is 18.4 Å². The van der Waals surface area contributed by atoms with Crippen LogP contribution in [0.1, 0.15) is 19.3 Å². The Morgan fingerprint density at radius 3 is 3.10 bits per heavy atom. The minimum atomic E-state index is -0.266. The molecule has 1 saturated heterocycles. The number of hydrogen-bond donors (Lipinski definition) is 2. The first-order valence-corrected chi connectivity index (χ1v) is 6.83. The van der Waals surface area contributed by atoms with Crippen LogP contribution in [0.4, 0.5) is 10.1 Å². The molecule has 6 nitrogen and oxygen atoms in total. The maximum Gasteiger partial charge on any atom is 0.146 e. The number of hydrogen-bond acceptors (Lipinski definition) is 5. The Morgan fingerprint density at radius 1 is 1.40 bits per heavy atom. The summed E-state index contributed by atoms with van der Waals surface area (Å²) < 4.78 is 15.3. The first-order valence-electron chi connectivity index (χ1n) is 6.83. The molecule has 1 atom stereocenters. The fraction of sp³-hybridized carbons (Fsp3) is 0.462. The molecule has 1 fully saturated rings. The number of halogens is 1. The molecule has 0 amide bonds. The van der Waals surface area contributed by atoms with Gasteiger partial charge in [0.1, 0.15) is 12.1 Å². The first kappa shape index (κ1) is 13.0. The van der Waals surface area contributed by atoms with Gasteiger partial charge in [-0.3, -0.25) is 0 Å². The number of nitrogens with zero attached hydrogens (tertiary/aromatic N) is 4. The van der Waals surface area contributed by atoms with Gasteiger partial charge in [-0.1, -0.05) is 6.42 Å². The largest absolute Gasteiger partial charge is 0.381 e. The summed E-state index contributed by atoms with van der Waals surface area (Å²) in [7, 11) is 0. The van der Waals surface area contributed by atoms with Gasteiger partial charge < -0.3 is 10.6 Å². The molecular formula is C13H17FN6. The average Bonchev–Trinajstić information content (AvgIpc) is 3.02. The molecule has 20 heavy (non-hydrogen) atoms. The Hall–Kier alpha value is -2.02. The van der Waals surface area contributed by atoms with E-state index in [1.165, 1.54) is 29.9 Å². The van der Waals surface area contributed by atoms with Gasteiger partial charge in [0.15, 0.2) is 0 Å². The second-order valence-electron chi connectivity index (χ2n) is 4.95. The summed E-state index contributed by atoms with van der Waals surface area (Å²) in [4.78, 5) is 0. The van der Waals surface area contributed by atoms with E-state index in [1.807, 2.05) is 0 Å². The van der Waals surface area contributed by atoms with Gasteiger partial charge in [-0.2, -0.15) is 0 Å². The second kappa shape index (κ2) is 5.96. The Morgan fingerprint density at radius 2 is 2.35 bits per heavy atom. The number of tetrazole rings is 1. The topological polar surface area (TPSA) is 67.7 Å². The van der Waals surface area contributed by atoms with Crippen LogP contribution in [-0.4, -0.2) is 39.3 Å². The standard InChI is InChI=1S/C13H17FN6/c14-12-5-4-11(20-9-17-18-19-20)7-13(12)16-8-10-3-1-2-6-15-10/h4-5,7,9-10,15-16H,1-3,6,8H2. The van der Waals surface area contributed by atoms with Crippen LogP contribution in [0.2, 0.25) is 0 Å². The molecule has 1 aliphatic heterocycles. The van der Waals surface area contributed by atoms with E-state index in [-0.39, 0.29) is 5.82 Å². The van der Waals surface area contributed by atoms with E-state index in [0.29, 0.717) is 11.7 Å². The van der Waals surface area contributed by atoms with Gasteiger partial charge in [-0.15, -0.1) is 5.10 Å². The lowest BCUT2D eigenvalue weighted by Gasteiger charge is -2.24. The van der Waals surface area contributed by atoms with Crippen LogP contribution in [0.5, 0.6) is 0 Å². The molecule has 0 bridgehead atoms. The van der Waals surface area contributed by atoms with Gasteiger partial charge in [-0.05, 0) is 48.0 Å². The molecule has 106 valence electrons. The highest BCUT2D eigenvalue weighted by Crippen LogP contribution is 2.18. The Bertz CT molecular complexity index is 550. The van der Waals surface area contributed by atoms with E-state index in [0.717, 1.165) is 25.2 Å². The van der Waals surface area contributed by atoms with E-state index >= 15 is 0 Å². The minimum Gasteiger partial charge on any atom is -0.381 e. The quantitative estimate of drug-likeness (QED) is 0.882. The van der Waals surface area contributed by atoms with Gasteiger partial charge in [-0.25, -0.2) is 9.07 Å². The fourth-order valence-electron chi connectivity index (χ4n) is 2.40. The third kappa shape index (κ3) is 2.93. The molecule has 2 N–H and O–H groups in total. The normalized spacial score (nSPS) is 18.9. The molecule has 0 saturated carbocycles. The van der Waals surface area contributed by atoms with Crippen molar-refractivity contribution < 1.29 is 4.39 Å². The van der Waals surface area contributed by atoms with Crippen molar-refractivity contribution >= 4 is 5.69 Å². The Labute approximate surface area is 116 Å². The minimum absolute atomic E-state index is 0.266. The highest BCUT2D eigenvalue weighted by atomic mass is 19.1. The lowest BCUT2D eigenvalue weighted by molar-refractivity contribution is 0.414. The highest BCUT2D eigenvalue weighted by molar-refractivity contribution is 5.52. The van der Waals surface area contributed by atoms with Gasteiger partial charge in [0.05, 0.1) is 11.4 Å². The van der Waals surface area contributed by atoms with E-state index in [1.54, 1.807) is 12.1 Å². The summed E-state index contributed by atoms with van der Waals surface area (Å²) >= 11 is 0. The molecule has 7 heteroatoms. The van der Waals surface area contributed by atoms with Crippen LogP contribution in [0.3, 0.4) is 0 Å². The number of anilines is 1. The Kier molecular flexibility index (Phi) is 3.87. The maximum absolute atomic E-state index is 13.8. The van der Waals surface area contributed by atoms with Crippen LogP contribution in [0.15, 0.2) is 24.5 Å². The number of aromatic nitrogens is 4. The number of nitrogens with one attached hydrogen (secondary N) is 2. The van der Waals surface area contributed by atoms with E-state index in [4.69, 9.17) is 0 Å². The van der Waals surface area contributed by atoms with E-state index in [2.05, 4.69) is 26.2 Å². The predicted molar refractivity (Wildman–Crippen MR) is 73.2 cm³/mol. The fourth-order valence-corrected chi connectivity index (χ4v) is 2.40. The number of piperidine rings is 1. The average molecular weight is 276 g/mol. The molecular weight excluding hydrogens is 259 g/mol. The van der Waals surface area contributed by atoms with Crippen LogP contribution in [0, 0.1) is 5.82 Å². The molecule has 2 aromatic rings. The maximum atomic E-state index is 13.8. The molecule has 1 unspecified atom stereocenters. The zero-order valence-corrected chi connectivity index (χ0v) is 11.1. The van der Waals surface area contributed by atoms with Crippen molar-refractivity contribution in [2.24, 2.45) is 0 Å². The first-order chi connectivity index (χ1) is 9.83. The van der Waals surface area contributed by atoms with E-state index in [9.17, 15) is 4.39 Å². The third-order valence-corrected chi connectivity index (χ3v) is 3.51. The van der Waals surface area contributed by atoms with Crippen molar-refractivity contribution in [3.63, 3.8) is 0 Å². The zero-order chi connectivity index (χ0) is 13.8. The number of rotatable bonds is 4. The smallest absolute Gasteiger partial charge is 0.146 e. The van der Waals surface area contributed by atoms with E-state index < -0.39 is 0 Å². The summed E-state index contributed by atoms with van der Waals surface area (Å²) in [6.45, 7) is 1.76. The lowest BCUT2D eigenvalue weighted by atomic mass is 10.1. The summed E-state index contributed by atoms with van der Waals surface area (Å²) in [5.74, 6) is -0.266. The second-order valence-corrected chi connectivity index (χ2v) is 4.95. The SMILES string of the molecule is Fc1ccc(-n2cnnn2)cc1NCC1CCCCN1. The summed E-state index contributed by atoms with van der Waals surface area (Å²) in [6, 6.07) is 5.19. The van der Waals surface area contributed by atoms with Crippen LogP contribution in [0.25, 0.3) is 5.69 Å². The third-order valence-electron chi connectivity index (χ3n) is 3.51. The Balaban J connectivity index is 1.70. The van der Waals surface area contributed by atoms with Gasteiger partial charge in [0.2, 0.25) is 0 Å². The molecule has 1 aliphatic rings. The predicted octanol–water partition coefficient (Wildman–Crippen LogP) is 1.36. The zero-order valence-electron chi connectivity index (χ0n) is 11.1. The van der Waals surface area contributed by atoms with Gasteiger partial charge in [0.25, 0.3) is 0 Å². The summed E-state index contributed by atoms with van der Waals surface area (Å²) in [5.41, 5.74) is 1.21. The molecule has 0 spiro atoms. The van der Waals surface area contributed by atoms with Crippen molar-refractivity contribution in [3.8, 4) is 5.69 Å². The van der Waals surface area contributed by atoms with Crippen molar-refractivity contribution in [1.82, 2.24) is 25.5 Å². The van der Waals surface area contributed by atoms with Gasteiger partial charge in [0, 0.05) is 12.6 Å². The molecule has 1 aromatic heterocycles. The molecule has 2 heterocycles. The molecule has 0 aliphatic carbocycles. The van der Waals surface area contributed by atoms with Crippen molar-refractivity contribution in [3.05, 3.63) is 30.3 Å². The summed E-state index contributed by atoms with van der Waals surface area (Å²) in [6.07, 6.45) is 5.06. The summed E-state index contributed by atoms with van der Waals surface area (Å²) in [5, 5.41) is 17.6.